The molecule has 2 aromatic carbocycles. The van der Waals surface area contributed by atoms with Crippen LogP contribution < -0.4 is 10.5 Å². The maximum absolute atomic E-state index is 13.1. The number of carbonyl (C=O) groups excluding carboxylic acids is 1. The molecule has 3 rings (SSSR count). The van der Waals surface area contributed by atoms with Gasteiger partial charge in [-0.05, 0) is 35.9 Å². The lowest BCUT2D eigenvalue weighted by Crippen LogP contribution is -2.12. The number of nitrogens with two attached hydrogens (primary N) is 1. The fraction of sp³-hybridized carbons (Fsp3) is 0.0625. The summed E-state index contributed by atoms with van der Waals surface area (Å²) in [5.74, 6) is -0.626. The number of fused-ring (bicyclic) bond motifs is 1. The van der Waals surface area contributed by atoms with E-state index in [2.05, 4.69) is 5.32 Å². The summed E-state index contributed by atoms with van der Waals surface area (Å²) in [6.45, 7) is 0. The summed E-state index contributed by atoms with van der Waals surface area (Å²) in [6, 6.07) is 8.49. The van der Waals surface area contributed by atoms with Gasteiger partial charge < -0.3 is 5.32 Å². The van der Waals surface area contributed by atoms with Gasteiger partial charge in [-0.1, -0.05) is 18.2 Å². The predicted octanol–water partition coefficient (Wildman–Crippen LogP) is 2.85. The van der Waals surface area contributed by atoms with Crippen LogP contribution in [0, 0.1) is 0 Å². The highest BCUT2D eigenvalue weighted by Gasteiger charge is 2.33. The van der Waals surface area contributed by atoms with Crippen LogP contribution in [0.4, 0.5) is 18.9 Å². The van der Waals surface area contributed by atoms with Crippen molar-refractivity contribution in [3.8, 4) is 0 Å². The second-order valence-corrected chi connectivity index (χ2v) is 6.91. The Hall–Kier alpha value is -2.65. The average molecular weight is 368 g/mol. The van der Waals surface area contributed by atoms with Crippen molar-refractivity contribution >= 4 is 33.3 Å². The summed E-state index contributed by atoms with van der Waals surface area (Å²) in [4.78, 5) is 11.9. The Morgan fingerprint density at radius 2 is 1.76 bits per heavy atom. The third kappa shape index (κ3) is 3.28. The van der Waals surface area contributed by atoms with E-state index in [0.29, 0.717) is 5.69 Å². The van der Waals surface area contributed by atoms with Crippen molar-refractivity contribution < 1.29 is 26.4 Å². The zero-order chi connectivity index (χ0) is 18.4. The minimum Gasteiger partial charge on any atom is -0.321 e. The SMILES string of the molecule is NS(=O)(=O)c1ccc2c(c1)C(=Cc1ccccc1C(F)(F)F)C(=O)N2. The summed E-state index contributed by atoms with van der Waals surface area (Å²) < 4.78 is 62.3. The maximum atomic E-state index is 13.1. The molecule has 0 atom stereocenters. The molecule has 0 radical (unpaired) electrons. The molecule has 0 fully saturated rings. The fourth-order valence-corrected chi connectivity index (χ4v) is 3.06. The van der Waals surface area contributed by atoms with Crippen LogP contribution in [-0.4, -0.2) is 14.3 Å². The smallest absolute Gasteiger partial charge is 0.321 e. The van der Waals surface area contributed by atoms with Crippen molar-refractivity contribution in [2.45, 2.75) is 11.1 Å². The quantitative estimate of drug-likeness (QED) is 0.799. The third-order valence-corrected chi connectivity index (χ3v) is 4.58. The van der Waals surface area contributed by atoms with Gasteiger partial charge in [0.05, 0.1) is 10.5 Å². The molecular formula is C16H11F3N2O3S. The van der Waals surface area contributed by atoms with Gasteiger partial charge in [0, 0.05) is 16.8 Å². The van der Waals surface area contributed by atoms with Gasteiger partial charge in [0.2, 0.25) is 10.0 Å². The minimum atomic E-state index is -4.59. The Labute approximate surface area is 141 Å². The largest absolute Gasteiger partial charge is 0.416 e. The van der Waals surface area contributed by atoms with E-state index in [4.69, 9.17) is 5.14 Å². The molecule has 2 aromatic rings. The van der Waals surface area contributed by atoms with Crippen LogP contribution >= 0.6 is 0 Å². The summed E-state index contributed by atoms with van der Waals surface area (Å²) >= 11 is 0. The number of sulfonamides is 1. The Balaban J connectivity index is 2.18. The standard InChI is InChI=1S/C16H11F3N2O3S/c17-16(18,19)13-4-2-1-3-9(13)7-12-11-8-10(25(20,23)24)5-6-14(11)21-15(12)22/h1-8H,(H,21,22)(H2,20,23,24). The highest BCUT2D eigenvalue weighted by atomic mass is 32.2. The van der Waals surface area contributed by atoms with Gasteiger partial charge in [0.1, 0.15) is 0 Å². The van der Waals surface area contributed by atoms with Crippen LogP contribution in [0.1, 0.15) is 16.7 Å². The van der Waals surface area contributed by atoms with E-state index in [1.807, 2.05) is 0 Å². The van der Waals surface area contributed by atoms with E-state index in [-0.39, 0.29) is 21.6 Å². The van der Waals surface area contributed by atoms with Crippen molar-refractivity contribution in [1.82, 2.24) is 0 Å². The summed E-state index contributed by atoms with van der Waals surface area (Å²) in [7, 11) is -4.02. The molecule has 1 aliphatic rings. The zero-order valence-electron chi connectivity index (χ0n) is 12.5. The lowest BCUT2D eigenvalue weighted by Gasteiger charge is -2.10. The molecule has 1 heterocycles. The average Bonchev–Trinajstić information content (AvgIpc) is 2.81. The lowest BCUT2D eigenvalue weighted by molar-refractivity contribution is -0.137. The summed E-state index contributed by atoms with van der Waals surface area (Å²) in [5, 5.41) is 7.54. The molecular weight excluding hydrogens is 357 g/mol. The molecule has 3 N–H and O–H groups in total. The minimum absolute atomic E-state index is 0.0720. The Kier molecular flexibility index (Phi) is 3.92. The van der Waals surface area contributed by atoms with Crippen molar-refractivity contribution in [2.75, 3.05) is 5.32 Å². The van der Waals surface area contributed by atoms with Gasteiger partial charge in [-0.2, -0.15) is 13.2 Å². The Morgan fingerprint density at radius 3 is 2.40 bits per heavy atom. The first-order chi connectivity index (χ1) is 11.6. The molecule has 1 aliphatic heterocycles. The van der Waals surface area contributed by atoms with Crippen molar-refractivity contribution in [3.05, 3.63) is 59.2 Å². The number of primary sulfonamides is 1. The Bertz CT molecular complexity index is 1010. The van der Waals surface area contributed by atoms with Gasteiger partial charge in [-0.25, -0.2) is 13.6 Å². The number of hydrogen-bond donors (Lipinski definition) is 2. The maximum Gasteiger partial charge on any atom is 0.416 e. The third-order valence-electron chi connectivity index (χ3n) is 3.67. The molecule has 0 aromatic heterocycles. The first kappa shape index (κ1) is 17.2. The molecule has 0 bridgehead atoms. The molecule has 130 valence electrons. The second kappa shape index (κ2) is 5.71. The van der Waals surface area contributed by atoms with Gasteiger partial charge in [-0.15, -0.1) is 0 Å². The van der Waals surface area contributed by atoms with Crippen molar-refractivity contribution in [3.63, 3.8) is 0 Å². The lowest BCUT2D eigenvalue weighted by atomic mass is 10.0. The van der Waals surface area contributed by atoms with E-state index in [0.717, 1.165) is 18.2 Å². The topological polar surface area (TPSA) is 89.3 Å². The van der Waals surface area contributed by atoms with Gasteiger partial charge in [0.25, 0.3) is 5.91 Å². The fourth-order valence-electron chi connectivity index (χ4n) is 2.52. The highest BCUT2D eigenvalue weighted by molar-refractivity contribution is 7.89. The summed E-state index contributed by atoms with van der Waals surface area (Å²) in [6.07, 6.45) is -3.51. The molecule has 0 aliphatic carbocycles. The number of anilines is 1. The number of benzene rings is 2. The van der Waals surface area contributed by atoms with Crippen molar-refractivity contribution in [1.29, 1.82) is 0 Å². The molecule has 0 spiro atoms. The van der Waals surface area contributed by atoms with Crippen LogP contribution in [0.2, 0.25) is 0 Å². The normalized spacial score (nSPS) is 16.0. The number of carbonyl (C=O) groups is 1. The molecule has 9 heteroatoms. The van der Waals surface area contributed by atoms with Crippen LogP contribution in [0.25, 0.3) is 11.6 Å². The molecule has 5 nitrogen and oxygen atoms in total. The van der Waals surface area contributed by atoms with Crippen LogP contribution in [-0.2, 0) is 21.0 Å². The summed E-state index contributed by atoms with van der Waals surface area (Å²) in [5.41, 5.74) is -0.695. The van der Waals surface area contributed by atoms with Gasteiger partial charge >= 0.3 is 6.18 Å². The second-order valence-electron chi connectivity index (χ2n) is 5.35. The number of hydrogen-bond acceptors (Lipinski definition) is 3. The molecule has 0 unspecified atom stereocenters. The first-order valence-corrected chi connectivity index (χ1v) is 8.48. The molecule has 1 amide bonds. The van der Waals surface area contributed by atoms with E-state index < -0.39 is 27.7 Å². The highest BCUT2D eigenvalue weighted by Crippen LogP contribution is 2.37. The molecule has 0 saturated carbocycles. The van der Waals surface area contributed by atoms with E-state index >= 15 is 0 Å². The zero-order valence-corrected chi connectivity index (χ0v) is 13.3. The van der Waals surface area contributed by atoms with E-state index in [1.165, 1.54) is 30.3 Å². The predicted molar refractivity (Wildman–Crippen MR) is 85.8 cm³/mol. The monoisotopic (exact) mass is 368 g/mol. The van der Waals surface area contributed by atoms with E-state index in [1.54, 1.807) is 0 Å². The number of halogens is 3. The molecule has 25 heavy (non-hydrogen) atoms. The number of amides is 1. The van der Waals surface area contributed by atoms with Crippen LogP contribution in [0.5, 0.6) is 0 Å². The van der Waals surface area contributed by atoms with Crippen LogP contribution in [0.15, 0.2) is 47.4 Å². The first-order valence-electron chi connectivity index (χ1n) is 6.94. The molecule has 0 saturated heterocycles. The number of alkyl halides is 3. The van der Waals surface area contributed by atoms with E-state index in [9.17, 15) is 26.4 Å². The number of nitrogens with one attached hydrogen (secondary N) is 1. The van der Waals surface area contributed by atoms with Gasteiger partial charge in [-0.3, -0.25) is 4.79 Å². The van der Waals surface area contributed by atoms with Crippen LogP contribution in [0.3, 0.4) is 0 Å². The van der Waals surface area contributed by atoms with Crippen molar-refractivity contribution in [2.24, 2.45) is 5.14 Å². The Morgan fingerprint density at radius 1 is 1.08 bits per heavy atom. The van der Waals surface area contributed by atoms with Gasteiger partial charge in [0.15, 0.2) is 0 Å². The number of rotatable bonds is 2.